The molecule has 9 heteroatoms. The Balaban J connectivity index is 1.55. The van der Waals surface area contributed by atoms with Crippen LogP contribution < -0.4 is 13.8 Å². The Morgan fingerprint density at radius 1 is 0.947 bits per heavy atom. The molecule has 0 spiro atoms. The molecule has 1 fully saturated rings. The van der Waals surface area contributed by atoms with Crippen LogP contribution >= 0.6 is 0 Å². The summed E-state index contributed by atoms with van der Waals surface area (Å²) in [5.41, 5.74) is 2.39. The molecule has 38 heavy (non-hydrogen) atoms. The quantitative estimate of drug-likeness (QED) is 0.390. The van der Waals surface area contributed by atoms with Crippen LogP contribution in [0.25, 0.3) is 0 Å². The number of aryl methyl sites for hydroxylation is 1. The van der Waals surface area contributed by atoms with Crippen molar-refractivity contribution in [1.82, 2.24) is 9.80 Å². The Kier molecular flexibility index (Phi) is 8.91. The Morgan fingerprint density at radius 3 is 2.26 bits per heavy atom. The van der Waals surface area contributed by atoms with Gasteiger partial charge in [0, 0.05) is 32.7 Å². The topological polar surface area (TPSA) is 79.4 Å². The number of ether oxygens (including phenoxy) is 2. The standard InChI is InChI=1S/C29H35N3O5S/c1-4-37-26-13-11-25(12-14-26)32(38(34,35)28-20-23(2)10-15-27(28)36-3)22-29(33)31-18-16-30(17-19-31)21-24-8-6-5-7-9-24/h5-15,20H,4,16-19,21-22H2,1-3H3. The first-order valence-corrected chi connectivity index (χ1v) is 14.2. The summed E-state index contributed by atoms with van der Waals surface area (Å²) >= 11 is 0. The van der Waals surface area contributed by atoms with Crippen molar-refractivity contribution in [3.63, 3.8) is 0 Å². The number of hydrogen-bond donors (Lipinski definition) is 0. The lowest BCUT2D eigenvalue weighted by molar-refractivity contribution is -0.131. The van der Waals surface area contributed by atoms with Gasteiger partial charge in [0.15, 0.2) is 0 Å². The number of benzene rings is 3. The summed E-state index contributed by atoms with van der Waals surface area (Å²) in [4.78, 5) is 17.5. The molecule has 4 rings (SSSR count). The highest BCUT2D eigenvalue weighted by Crippen LogP contribution is 2.32. The van der Waals surface area contributed by atoms with E-state index in [0.717, 1.165) is 25.2 Å². The lowest BCUT2D eigenvalue weighted by Crippen LogP contribution is -2.51. The molecule has 0 atom stereocenters. The van der Waals surface area contributed by atoms with Crippen LogP contribution in [0.1, 0.15) is 18.1 Å². The van der Waals surface area contributed by atoms with Gasteiger partial charge in [-0.05, 0) is 61.4 Å². The Morgan fingerprint density at radius 2 is 1.63 bits per heavy atom. The van der Waals surface area contributed by atoms with Gasteiger partial charge in [0.05, 0.1) is 19.4 Å². The van der Waals surface area contributed by atoms with E-state index in [1.165, 1.54) is 17.0 Å². The van der Waals surface area contributed by atoms with E-state index in [2.05, 4.69) is 17.0 Å². The SMILES string of the molecule is CCOc1ccc(N(CC(=O)N2CCN(Cc3ccccc3)CC2)S(=O)(=O)c2cc(C)ccc2OC)cc1. The summed E-state index contributed by atoms with van der Waals surface area (Å²) < 4.78 is 40.0. The Hall–Kier alpha value is -3.56. The maximum absolute atomic E-state index is 14.0. The van der Waals surface area contributed by atoms with Gasteiger partial charge in [-0.3, -0.25) is 14.0 Å². The zero-order valence-corrected chi connectivity index (χ0v) is 23.0. The van der Waals surface area contributed by atoms with Gasteiger partial charge in [0.25, 0.3) is 10.0 Å². The third kappa shape index (κ3) is 6.46. The van der Waals surface area contributed by atoms with E-state index in [4.69, 9.17) is 9.47 Å². The zero-order chi connectivity index (χ0) is 27.1. The molecule has 1 heterocycles. The molecule has 1 aliphatic rings. The number of piperazine rings is 1. The van der Waals surface area contributed by atoms with Crippen molar-refractivity contribution in [2.24, 2.45) is 0 Å². The van der Waals surface area contributed by atoms with Crippen molar-refractivity contribution in [3.05, 3.63) is 83.9 Å². The molecule has 0 aromatic heterocycles. The van der Waals surface area contributed by atoms with E-state index in [1.54, 1.807) is 47.4 Å². The molecule has 0 bridgehead atoms. The van der Waals surface area contributed by atoms with Crippen molar-refractivity contribution < 1.29 is 22.7 Å². The number of carbonyl (C=O) groups excluding carboxylic acids is 1. The van der Waals surface area contributed by atoms with E-state index in [9.17, 15) is 13.2 Å². The zero-order valence-electron chi connectivity index (χ0n) is 22.2. The number of rotatable bonds is 10. The monoisotopic (exact) mass is 537 g/mol. The molecule has 3 aromatic rings. The number of methoxy groups -OCH3 is 1. The summed E-state index contributed by atoms with van der Waals surface area (Å²) in [6.45, 7) is 7.23. The average molecular weight is 538 g/mol. The normalized spacial score (nSPS) is 14.2. The maximum Gasteiger partial charge on any atom is 0.268 e. The highest BCUT2D eigenvalue weighted by molar-refractivity contribution is 7.93. The Labute approximate surface area is 225 Å². The highest BCUT2D eigenvalue weighted by atomic mass is 32.2. The van der Waals surface area contributed by atoms with Crippen LogP contribution in [0, 0.1) is 6.92 Å². The third-order valence-corrected chi connectivity index (χ3v) is 8.37. The fraction of sp³-hybridized carbons (Fsp3) is 0.345. The number of sulfonamides is 1. The van der Waals surface area contributed by atoms with Gasteiger partial charge in [0.2, 0.25) is 5.91 Å². The van der Waals surface area contributed by atoms with E-state index in [-0.39, 0.29) is 23.1 Å². The summed E-state index contributed by atoms with van der Waals surface area (Å²) in [6.07, 6.45) is 0. The second-order valence-electron chi connectivity index (χ2n) is 9.24. The highest BCUT2D eigenvalue weighted by Gasteiger charge is 2.32. The van der Waals surface area contributed by atoms with E-state index in [0.29, 0.717) is 31.1 Å². The largest absolute Gasteiger partial charge is 0.495 e. The average Bonchev–Trinajstić information content (AvgIpc) is 2.93. The first-order chi connectivity index (χ1) is 18.3. The predicted octanol–water partition coefficient (Wildman–Crippen LogP) is 3.94. The lowest BCUT2D eigenvalue weighted by atomic mass is 10.2. The van der Waals surface area contributed by atoms with E-state index >= 15 is 0 Å². The van der Waals surface area contributed by atoms with Crippen molar-refractivity contribution >= 4 is 21.6 Å². The fourth-order valence-electron chi connectivity index (χ4n) is 4.51. The van der Waals surface area contributed by atoms with Gasteiger partial charge in [-0.25, -0.2) is 8.42 Å². The summed E-state index contributed by atoms with van der Waals surface area (Å²) in [7, 11) is -2.68. The van der Waals surface area contributed by atoms with Crippen molar-refractivity contribution in [2.45, 2.75) is 25.3 Å². The van der Waals surface area contributed by atoms with Crippen LogP contribution in [0.4, 0.5) is 5.69 Å². The van der Waals surface area contributed by atoms with Gasteiger partial charge in [-0.2, -0.15) is 0 Å². The summed E-state index contributed by atoms with van der Waals surface area (Å²) in [6, 6.07) is 22.0. The van der Waals surface area contributed by atoms with Crippen LogP contribution in [0.5, 0.6) is 11.5 Å². The smallest absolute Gasteiger partial charge is 0.268 e. The minimum absolute atomic E-state index is 0.0226. The van der Waals surface area contributed by atoms with Gasteiger partial charge in [-0.1, -0.05) is 36.4 Å². The molecule has 0 unspecified atom stereocenters. The molecule has 0 saturated carbocycles. The van der Waals surface area contributed by atoms with Crippen LogP contribution in [-0.4, -0.2) is 70.6 Å². The number of nitrogens with zero attached hydrogens (tertiary/aromatic N) is 3. The molecular weight excluding hydrogens is 502 g/mol. The van der Waals surface area contributed by atoms with Crippen LogP contribution in [-0.2, 0) is 21.4 Å². The van der Waals surface area contributed by atoms with Crippen molar-refractivity contribution in [1.29, 1.82) is 0 Å². The van der Waals surface area contributed by atoms with Gasteiger partial charge < -0.3 is 14.4 Å². The molecule has 3 aromatic carbocycles. The van der Waals surface area contributed by atoms with Gasteiger partial charge in [-0.15, -0.1) is 0 Å². The third-order valence-electron chi connectivity index (χ3n) is 6.58. The Bertz CT molecular complexity index is 1320. The second kappa shape index (κ2) is 12.3. The molecule has 1 saturated heterocycles. The summed E-state index contributed by atoms with van der Waals surface area (Å²) in [5.74, 6) is 0.615. The first-order valence-electron chi connectivity index (χ1n) is 12.8. The number of amides is 1. The number of hydrogen-bond acceptors (Lipinski definition) is 6. The predicted molar refractivity (Wildman–Crippen MR) is 148 cm³/mol. The molecule has 1 amide bonds. The summed E-state index contributed by atoms with van der Waals surface area (Å²) in [5, 5.41) is 0. The molecule has 202 valence electrons. The minimum Gasteiger partial charge on any atom is -0.495 e. The maximum atomic E-state index is 14.0. The molecule has 0 aliphatic carbocycles. The molecule has 0 radical (unpaired) electrons. The van der Waals surface area contributed by atoms with Crippen LogP contribution in [0.3, 0.4) is 0 Å². The van der Waals surface area contributed by atoms with E-state index in [1.807, 2.05) is 32.0 Å². The van der Waals surface area contributed by atoms with E-state index < -0.39 is 10.0 Å². The first kappa shape index (κ1) is 27.5. The molecule has 1 aliphatic heterocycles. The second-order valence-corrected chi connectivity index (χ2v) is 11.1. The van der Waals surface area contributed by atoms with Crippen LogP contribution in [0.2, 0.25) is 0 Å². The van der Waals surface area contributed by atoms with Crippen LogP contribution in [0.15, 0.2) is 77.7 Å². The van der Waals surface area contributed by atoms with Gasteiger partial charge in [0.1, 0.15) is 22.9 Å². The molecule has 0 N–H and O–H groups in total. The number of carbonyl (C=O) groups is 1. The lowest BCUT2D eigenvalue weighted by Gasteiger charge is -2.36. The minimum atomic E-state index is -4.12. The van der Waals surface area contributed by atoms with Crippen molar-refractivity contribution in [3.8, 4) is 11.5 Å². The molecule has 8 nitrogen and oxygen atoms in total. The molecular formula is C29H35N3O5S. The fourth-order valence-corrected chi connectivity index (χ4v) is 6.17. The number of anilines is 1. The van der Waals surface area contributed by atoms with Crippen molar-refractivity contribution in [2.75, 3.05) is 50.7 Å². The van der Waals surface area contributed by atoms with Gasteiger partial charge >= 0.3 is 0 Å².